The smallest absolute Gasteiger partial charge is 0.262 e. The molecular weight excluding hydrogens is 374 g/mol. The Morgan fingerprint density at radius 2 is 2.04 bits per heavy atom. The summed E-state index contributed by atoms with van der Waals surface area (Å²) in [5.74, 6) is 0.762. The molecule has 1 saturated heterocycles. The van der Waals surface area contributed by atoms with Crippen LogP contribution in [0.5, 0.6) is 5.75 Å². The summed E-state index contributed by atoms with van der Waals surface area (Å²) in [6.45, 7) is 0.725. The first kappa shape index (κ1) is 18.7. The molecular formula is C21H23N3O3S. The molecule has 3 heterocycles. The number of methoxy groups -OCH3 is 1. The highest BCUT2D eigenvalue weighted by atomic mass is 32.1. The van der Waals surface area contributed by atoms with E-state index in [9.17, 15) is 9.59 Å². The summed E-state index contributed by atoms with van der Waals surface area (Å²) in [4.78, 5) is 32.8. The van der Waals surface area contributed by atoms with Crippen LogP contribution in [0.2, 0.25) is 0 Å². The van der Waals surface area contributed by atoms with Gasteiger partial charge < -0.3 is 9.64 Å². The zero-order valence-electron chi connectivity index (χ0n) is 15.8. The average molecular weight is 398 g/mol. The standard InChI is InChI=1S/C21H23N3O3S/c1-27-16-8-6-15(7-9-16)18-5-3-2-4-11-24(18)19(25)13-23-14-22-20-17(21(23)26)10-12-28-20/h6-10,12,14,18H,2-5,11,13H2,1H3/t18-/m1/s1. The number of hydrogen-bond donors (Lipinski definition) is 0. The molecule has 1 atom stereocenters. The molecule has 0 unspecified atom stereocenters. The fourth-order valence-electron chi connectivity index (χ4n) is 3.82. The highest BCUT2D eigenvalue weighted by molar-refractivity contribution is 7.16. The lowest BCUT2D eigenvalue weighted by molar-refractivity contribution is -0.134. The second-order valence-electron chi connectivity index (χ2n) is 7.04. The molecule has 146 valence electrons. The van der Waals surface area contributed by atoms with Crippen LogP contribution in [0.25, 0.3) is 10.2 Å². The number of aromatic nitrogens is 2. The zero-order valence-corrected chi connectivity index (χ0v) is 16.7. The number of ether oxygens (including phenoxy) is 1. The van der Waals surface area contributed by atoms with Crippen molar-refractivity contribution < 1.29 is 9.53 Å². The number of amides is 1. The molecule has 0 aliphatic carbocycles. The fourth-order valence-corrected chi connectivity index (χ4v) is 4.55. The highest BCUT2D eigenvalue weighted by Crippen LogP contribution is 2.31. The number of fused-ring (bicyclic) bond motifs is 1. The van der Waals surface area contributed by atoms with Crippen LogP contribution in [-0.2, 0) is 11.3 Å². The van der Waals surface area contributed by atoms with Gasteiger partial charge >= 0.3 is 0 Å². The van der Waals surface area contributed by atoms with E-state index >= 15 is 0 Å². The van der Waals surface area contributed by atoms with E-state index in [4.69, 9.17) is 4.74 Å². The van der Waals surface area contributed by atoms with Crippen LogP contribution >= 0.6 is 11.3 Å². The van der Waals surface area contributed by atoms with Crippen LogP contribution in [0.1, 0.15) is 37.3 Å². The number of hydrogen-bond acceptors (Lipinski definition) is 5. The maximum atomic E-state index is 13.2. The molecule has 0 spiro atoms. The second kappa shape index (κ2) is 8.14. The van der Waals surface area contributed by atoms with Crippen molar-refractivity contribution in [2.75, 3.05) is 13.7 Å². The van der Waals surface area contributed by atoms with Crippen LogP contribution in [0, 0.1) is 0 Å². The van der Waals surface area contributed by atoms with Gasteiger partial charge in [0.25, 0.3) is 5.56 Å². The molecule has 0 bridgehead atoms. The lowest BCUT2D eigenvalue weighted by Gasteiger charge is -2.31. The van der Waals surface area contributed by atoms with E-state index in [1.54, 1.807) is 13.2 Å². The Hall–Kier alpha value is -2.67. The first-order valence-corrected chi connectivity index (χ1v) is 10.4. The van der Waals surface area contributed by atoms with Crippen molar-refractivity contribution in [3.8, 4) is 5.75 Å². The van der Waals surface area contributed by atoms with Gasteiger partial charge in [-0.15, -0.1) is 11.3 Å². The molecule has 3 aromatic rings. The van der Waals surface area contributed by atoms with Crippen LogP contribution < -0.4 is 10.3 Å². The van der Waals surface area contributed by atoms with Gasteiger partial charge in [-0.1, -0.05) is 25.0 Å². The van der Waals surface area contributed by atoms with Crippen molar-refractivity contribution in [3.63, 3.8) is 0 Å². The number of benzene rings is 1. The number of rotatable bonds is 4. The molecule has 0 saturated carbocycles. The monoisotopic (exact) mass is 397 g/mol. The van der Waals surface area contributed by atoms with Crippen LogP contribution in [0.3, 0.4) is 0 Å². The zero-order chi connectivity index (χ0) is 19.5. The summed E-state index contributed by atoms with van der Waals surface area (Å²) in [5, 5.41) is 2.42. The molecule has 28 heavy (non-hydrogen) atoms. The van der Waals surface area contributed by atoms with Crippen molar-refractivity contribution >= 4 is 27.5 Å². The largest absolute Gasteiger partial charge is 0.497 e. The summed E-state index contributed by atoms with van der Waals surface area (Å²) >= 11 is 1.43. The van der Waals surface area contributed by atoms with Crippen LogP contribution in [-0.4, -0.2) is 34.0 Å². The van der Waals surface area contributed by atoms with Gasteiger partial charge in [-0.05, 0) is 42.0 Å². The topological polar surface area (TPSA) is 64.4 Å². The van der Waals surface area contributed by atoms with Gasteiger partial charge in [-0.25, -0.2) is 4.98 Å². The first-order chi connectivity index (χ1) is 13.7. The summed E-state index contributed by atoms with van der Waals surface area (Å²) < 4.78 is 6.68. The van der Waals surface area contributed by atoms with Gasteiger partial charge in [0.05, 0.1) is 24.9 Å². The van der Waals surface area contributed by atoms with E-state index in [-0.39, 0.29) is 24.1 Å². The van der Waals surface area contributed by atoms with Crippen molar-refractivity contribution in [2.24, 2.45) is 0 Å². The van der Waals surface area contributed by atoms with Crippen LogP contribution in [0.4, 0.5) is 0 Å². The third kappa shape index (κ3) is 3.67. The molecule has 0 N–H and O–H groups in total. The average Bonchev–Trinajstić information content (AvgIpc) is 3.07. The Morgan fingerprint density at radius 3 is 2.82 bits per heavy atom. The van der Waals surface area contributed by atoms with E-state index in [1.165, 1.54) is 22.2 Å². The first-order valence-electron chi connectivity index (χ1n) is 9.53. The van der Waals surface area contributed by atoms with E-state index in [2.05, 4.69) is 4.98 Å². The van der Waals surface area contributed by atoms with E-state index in [1.807, 2.05) is 34.5 Å². The van der Waals surface area contributed by atoms with Gasteiger partial charge in [-0.2, -0.15) is 0 Å². The molecule has 1 amide bonds. The minimum atomic E-state index is -0.157. The number of likely N-dealkylation sites (tertiary alicyclic amines) is 1. The van der Waals surface area contributed by atoms with Crippen molar-refractivity contribution in [1.29, 1.82) is 0 Å². The van der Waals surface area contributed by atoms with Crippen LogP contribution in [0.15, 0.2) is 46.8 Å². The minimum absolute atomic E-state index is 0.0181. The molecule has 1 fully saturated rings. The Kier molecular flexibility index (Phi) is 5.43. The number of carbonyl (C=O) groups excluding carboxylic acids is 1. The second-order valence-corrected chi connectivity index (χ2v) is 7.94. The highest BCUT2D eigenvalue weighted by Gasteiger charge is 2.27. The lowest BCUT2D eigenvalue weighted by atomic mass is 10.0. The molecule has 6 nitrogen and oxygen atoms in total. The summed E-state index contributed by atoms with van der Waals surface area (Å²) in [7, 11) is 1.65. The van der Waals surface area contributed by atoms with Gasteiger partial charge in [0, 0.05) is 6.54 Å². The Morgan fingerprint density at radius 1 is 1.21 bits per heavy atom. The molecule has 1 aromatic carbocycles. The SMILES string of the molecule is COc1ccc([C@H]2CCCCCN2C(=O)Cn2cnc3sccc3c2=O)cc1. The third-order valence-corrected chi connectivity index (χ3v) is 6.15. The fraction of sp³-hybridized carbons (Fsp3) is 0.381. The molecule has 2 aromatic heterocycles. The van der Waals surface area contributed by atoms with E-state index in [0.29, 0.717) is 16.8 Å². The normalized spacial score (nSPS) is 17.5. The molecule has 1 aliphatic rings. The number of carbonyl (C=O) groups is 1. The van der Waals surface area contributed by atoms with Gasteiger partial charge in [0.2, 0.25) is 5.91 Å². The Bertz CT molecular complexity index is 1030. The predicted molar refractivity (Wildman–Crippen MR) is 110 cm³/mol. The van der Waals surface area contributed by atoms with Crippen molar-refractivity contribution in [3.05, 3.63) is 58.0 Å². The van der Waals surface area contributed by atoms with Gasteiger partial charge in [0.1, 0.15) is 17.1 Å². The van der Waals surface area contributed by atoms with E-state index < -0.39 is 0 Å². The Labute approximate surface area is 167 Å². The maximum Gasteiger partial charge on any atom is 0.262 e. The van der Waals surface area contributed by atoms with Crippen molar-refractivity contribution in [1.82, 2.24) is 14.5 Å². The minimum Gasteiger partial charge on any atom is -0.497 e. The molecule has 1 aliphatic heterocycles. The number of thiophene rings is 1. The predicted octanol–water partition coefficient (Wildman–Crippen LogP) is 3.61. The lowest BCUT2D eigenvalue weighted by Crippen LogP contribution is -2.39. The van der Waals surface area contributed by atoms with E-state index in [0.717, 1.165) is 37.0 Å². The quantitative estimate of drug-likeness (QED) is 0.675. The number of nitrogens with zero attached hydrogens (tertiary/aromatic N) is 3. The summed E-state index contributed by atoms with van der Waals surface area (Å²) in [6.07, 6.45) is 5.59. The molecule has 4 rings (SSSR count). The van der Waals surface area contributed by atoms with Gasteiger partial charge in [0.15, 0.2) is 0 Å². The molecule has 7 heteroatoms. The third-order valence-electron chi connectivity index (χ3n) is 5.33. The molecule has 0 radical (unpaired) electrons. The van der Waals surface area contributed by atoms with Crippen molar-refractivity contribution in [2.45, 2.75) is 38.3 Å². The summed E-state index contributed by atoms with van der Waals surface area (Å²) in [5.41, 5.74) is 0.949. The maximum absolute atomic E-state index is 13.2. The summed E-state index contributed by atoms with van der Waals surface area (Å²) in [6, 6.07) is 9.71. The Balaban J connectivity index is 1.60. The van der Waals surface area contributed by atoms with Gasteiger partial charge in [-0.3, -0.25) is 14.2 Å².